The minimum Gasteiger partial charge on any atom is -0.493 e. The average Bonchev–Trinajstić information content (AvgIpc) is 3.24. The third-order valence-corrected chi connectivity index (χ3v) is 5.44. The first-order valence-corrected chi connectivity index (χ1v) is 9.93. The molecule has 0 radical (unpaired) electrons. The second-order valence-electron chi connectivity index (χ2n) is 7.27. The zero-order chi connectivity index (χ0) is 20.5. The average molecular weight is 436 g/mol. The van der Waals surface area contributed by atoms with E-state index in [0.717, 1.165) is 18.7 Å². The number of carbonyl (C=O) groups excluding carboxylic acids is 1. The Labute approximate surface area is 186 Å². The Morgan fingerprint density at radius 1 is 0.903 bits per heavy atom. The summed E-state index contributed by atoms with van der Waals surface area (Å²) < 4.78 is 1.31. The van der Waals surface area contributed by atoms with Gasteiger partial charge in [0.15, 0.2) is 5.65 Å². The van der Waals surface area contributed by atoms with Crippen LogP contribution < -0.4 is 4.90 Å². The van der Waals surface area contributed by atoms with Crippen molar-refractivity contribution < 1.29 is 9.90 Å². The minimum absolute atomic E-state index is 0. The van der Waals surface area contributed by atoms with Crippen LogP contribution in [0.3, 0.4) is 0 Å². The van der Waals surface area contributed by atoms with Gasteiger partial charge in [0, 0.05) is 43.5 Å². The van der Waals surface area contributed by atoms with Crippen molar-refractivity contribution in [1.82, 2.24) is 19.5 Å². The maximum atomic E-state index is 13.2. The van der Waals surface area contributed by atoms with Gasteiger partial charge in [0.05, 0.1) is 11.9 Å². The summed E-state index contributed by atoms with van der Waals surface area (Å²) in [6.45, 7) is 2.77. The van der Waals surface area contributed by atoms with Crippen LogP contribution in [0.5, 0.6) is 5.88 Å². The van der Waals surface area contributed by atoms with Crippen LogP contribution in [0.2, 0.25) is 0 Å². The van der Waals surface area contributed by atoms with Crippen LogP contribution in [0.4, 0.5) is 5.69 Å². The first kappa shape index (κ1) is 20.7. The number of para-hydroxylation sites is 1. The predicted molar refractivity (Wildman–Crippen MR) is 122 cm³/mol. The fourth-order valence-corrected chi connectivity index (χ4v) is 3.83. The number of hydrogen-bond acceptors (Lipinski definition) is 5. The van der Waals surface area contributed by atoms with E-state index in [9.17, 15) is 9.90 Å². The van der Waals surface area contributed by atoms with Gasteiger partial charge in [-0.2, -0.15) is 9.61 Å². The second-order valence-corrected chi connectivity index (χ2v) is 7.27. The van der Waals surface area contributed by atoms with E-state index in [-0.39, 0.29) is 24.2 Å². The van der Waals surface area contributed by atoms with Crippen molar-refractivity contribution in [2.24, 2.45) is 0 Å². The predicted octanol–water partition coefficient (Wildman–Crippen LogP) is 3.49. The molecule has 0 spiro atoms. The lowest BCUT2D eigenvalue weighted by Gasteiger charge is -2.36. The normalized spacial score (nSPS) is 13.8. The van der Waals surface area contributed by atoms with E-state index in [0.29, 0.717) is 30.0 Å². The van der Waals surface area contributed by atoms with E-state index in [1.54, 1.807) is 6.07 Å². The van der Waals surface area contributed by atoms with Gasteiger partial charge in [0.25, 0.3) is 5.91 Å². The maximum absolute atomic E-state index is 13.2. The SMILES string of the molecule is Cl.O=C(c1cnn2c(O)cc(-c3ccccc3)nc12)N1CCN(c2ccccc2)CC1. The molecule has 3 heterocycles. The molecule has 4 aromatic rings. The number of rotatable bonds is 3. The Hall–Kier alpha value is -3.58. The summed E-state index contributed by atoms with van der Waals surface area (Å²) in [6, 6.07) is 21.3. The molecular weight excluding hydrogens is 414 g/mol. The lowest BCUT2D eigenvalue weighted by molar-refractivity contribution is 0.0748. The van der Waals surface area contributed by atoms with Crippen molar-refractivity contribution in [3.63, 3.8) is 0 Å². The molecule has 1 amide bonds. The van der Waals surface area contributed by atoms with E-state index in [1.165, 1.54) is 16.4 Å². The number of hydrogen-bond donors (Lipinski definition) is 1. The zero-order valence-corrected chi connectivity index (χ0v) is 17.6. The summed E-state index contributed by atoms with van der Waals surface area (Å²) >= 11 is 0. The highest BCUT2D eigenvalue weighted by atomic mass is 35.5. The fourth-order valence-electron chi connectivity index (χ4n) is 3.83. The molecule has 0 atom stereocenters. The van der Waals surface area contributed by atoms with Gasteiger partial charge >= 0.3 is 0 Å². The quantitative estimate of drug-likeness (QED) is 0.533. The Bertz CT molecular complexity index is 1190. The van der Waals surface area contributed by atoms with E-state index in [2.05, 4.69) is 27.1 Å². The molecule has 0 aliphatic carbocycles. The number of benzene rings is 2. The van der Waals surface area contributed by atoms with Gasteiger partial charge in [-0.25, -0.2) is 4.98 Å². The summed E-state index contributed by atoms with van der Waals surface area (Å²) in [4.78, 5) is 21.9. The van der Waals surface area contributed by atoms with Crippen LogP contribution in [0.1, 0.15) is 10.4 Å². The highest BCUT2D eigenvalue weighted by Crippen LogP contribution is 2.25. The number of amides is 1. The Morgan fingerprint density at radius 3 is 2.23 bits per heavy atom. The first-order chi connectivity index (χ1) is 14.7. The summed E-state index contributed by atoms with van der Waals surface area (Å²) in [5.41, 5.74) is 3.40. The van der Waals surface area contributed by atoms with Crippen LogP contribution in [-0.4, -0.2) is 56.7 Å². The molecule has 0 saturated carbocycles. The number of aromatic nitrogens is 3. The molecule has 0 unspecified atom stereocenters. The zero-order valence-electron chi connectivity index (χ0n) is 16.8. The number of piperazine rings is 1. The monoisotopic (exact) mass is 435 g/mol. The highest BCUT2D eigenvalue weighted by molar-refractivity contribution is 6.00. The van der Waals surface area contributed by atoms with Crippen molar-refractivity contribution in [3.05, 3.63) is 78.5 Å². The molecule has 1 N–H and O–H groups in total. The van der Waals surface area contributed by atoms with Crippen molar-refractivity contribution in [3.8, 4) is 17.1 Å². The van der Waals surface area contributed by atoms with Crippen LogP contribution in [0.25, 0.3) is 16.9 Å². The van der Waals surface area contributed by atoms with Crippen molar-refractivity contribution >= 4 is 29.6 Å². The van der Waals surface area contributed by atoms with E-state index >= 15 is 0 Å². The molecule has 7 nitrogen and oxygen atoms in total. The first-order valence-electron chi connectivity index (χ1n) is 9.93. The van der Waals surface area contributed by atoms with E-state index in [4.69, 9.17) is 0 Å². The molecule has 31 heavy (non-hydrogen) atoms. The van der Waals surface area contributed by atoms with Crippen molar-refractivity contribution in [2.75, 3.05) is 31.1 Å². The van der Waals surface area contributed by atoms with E-state index in [1.807, 2.05) is 53.4 Å². The molecule has 0 bridgehead atoms. The van der Waals surface area contributed by atoms with Gasteiger partial charge in [0.1, 0.15) is 5.56 Å². The van der Waals surface area contributed by atoms with Gasteiger partial charge in [0.2, 0.25) is 5.88 Å². The summed E-state index contributed by atoms with van der Waals surface area (Å²) in [6.07, 6.45) is 1.49. The molecule has 1 fully saturated rings. The van der Waals surface area contributed by atoms with Crippen LogP contribution in [0.15, 0.2) is 72.9 Å². The summed E-state index contributed by atoms with van der Waals surface area (Å²) in [5.74, 6) is -0.165. The number of anilines is 1. The second kappa shape index (κ2) is 8.65. The number of halogens is 1. The number of aromatic hydroxyl groups is 1. The van der Waals surface area contributed by atoms with Gasteiger partial charge < -0.3 is 14.9 Å². The Morgan fingerprint density at radius 2 is 1.55 bits per heavy atom. The van der Waals surface area contributed by atoms with Crippen molar-refractivity contribution in [1.29, 1.82) is 0 Å². The third-order valence-electron chi connectivity index (χ3n) is 5.44. The molecule has 5 rings (SSSR count). The highest BCUT2D eigenvalue weighted by Gasteiger charge is 2.26. The minimum atomic E-state index is -0.116. The molecule has 158 valence electrons. The lowest BCUT2D eigenvalue weighted by atomic mass is 10.1. The molecule has 1 aliphatic heterocycles. The van der Waals surface area contributed by atoms with Gasteiger partial charge in [-0.15, -0.1) is 12.4 Å². The van der Waals surface area contributed by atoms with E-state index < -0.39 is 0 Å². The van der Waals surface area contributed by atoms with Crippen LogP contribution >= 0.6 is 12.4 Å². The van der Waals surface area contributed by atoms with Gasteiger partial charge in [-0.1, -0.05) is 48.5 Å². The molecular formula is C23H22ClN5O2. The largest absolute Gasteiger partial charge is 0.493 e. The number of nitrogens with zero attached hydrogens (tertiary/aromatic N) is 5. The molecule has 1 saturated heterocycles. The Kier molecular flexibility index (Phi) is 5.77. The van der Waals surface area contributed by atoms with Crippen LogP contribution in [0, 0.1) is 0 Å². The Balaban J connectivity index is 0.00000231. The number of fused-ring (bicyclic) bond motifs is 1. The lowest BCUT2D eigenvalue weighted by Crippen LogP contribution is -2.48. The summed E-state index contributed by atoms with van der Waals surface area (Å²) in [7, 11) is 0. The topological polar surface area (TPSA) is 74.0 Å². The number of carbonyl (C=O) groups is 1. The third kappa shape index (κ3) is 3.92. The van der Waals surface area contributed by atoms with Crippen LogP contribution in [-0.2, 0) is 0 Å². The smallest absolute Gasteiger partial charge is 0.259 e. The van der Waals surface area contributed by atoms with Gasteiger partial charge in [-0.3, -0.25) is 4.79 Å². The molecule has 8 heteroatoms. The molecule has 1 aliphatic rings. The fraction of sp³-hybridized carbons (Fsp3) is 0.174. The molecule has 2 aromatic heterocycles. The van der Waals surface area contributed by atoms with Gasteiger partial charge in [-0.05, 0) is 12.1 Å². The van der Waals surface area contributed by atoms with Crippen molar-refractivity contribution in [2.45, 2.75) is 0 Å². The summed E-state index contributed by atoms with van der Waals surface area (Å²) in [5, 5.41) is 14.6. The standard InChI is InChI=1S/C23H21N5O2.ClH/c29-21-15-20(17-7-3-1-4-8-17)25-22-19(16-24-28(21)22)23(30)27-13-11-26(12-14-27)18-9-5-2-6-10-18;/h1-10,15-16,29H,11-14H2;1H. The molecule has 2 aromatic carbocycles. The maximum Gasteiger partial charge on any atom is 0.259 e.